The number of anilines is 1. The Morgan fingerprint density at radius 3 is 2.33 bits per heavy atom. The number of nitrogens with one attached hydrogen (secondary N) is 2. The highest BCUT2D eigenvalue weighted by molar-refractivity contribution is 6.06. The first-order valence-electron chi connectivity index (χ1n) is 6.97. The van der Waals surface area contributed by atoms with Crippen LogP contribution in [-0.2, 0) is 4.74 Å². The highest BCUT2D eigenvalue weighted by Crippen LogP contribution is 2.21. The van der Waals surface area contributed by atoms with Gasteiger partial charge in [-0.1, -0.05) is 0 Å². The molecule has 2 N–H and O–H groups in total. The molecule has 0 saturated heterocycles. The van der Waals surface area contributed by atoms with E-state index >= 15 is 0 Å². The second kappa shape index (κ2) is 7.12. The van der Waals surface area contributed by atoms with Gasteiger partial charge in [0.05, 0.1) is 12.7 Å². The Balaban J connectivity index is 2.17. The summed E-state index contributed by atoms with van der Waals surface area (Å²) < 4.78 is 33.1. The van der Waals surface area contributed by atoms with Crippen molar-refractivity contribution in [1.82, 2.24) is 4.98 Å². The Kier molecular flexibility index (Phi) is 5.18. The topological polar surface area (TPSA) is 80.4 Å². The zero-order valence-electron chi connectivity index (χ0n) is 13.3. The van der Waals surface area contributed by atoms with Crippen LogP contribution in [0.5, 0.6) is 5.75 Å². The van der Waals surface area contributed by atoms with E-state index in [0.29, 0.717) is 22.5 Å². The van der Waals surface area contributed by atoms with Gasteiger partial charge in [-0.3, -0.25) is 4.79 Å². The standard InChI is InChI=1S/C16H16F2N2O4/c1-8-12(15(22)23-3)9(2)19-13(8)14(21)20-10-4-6-11(7-5-10)24-16(17)18/h4-7,16,19H,1-3H3,(H,20,21). The zero-order chi connectivity index (χ0) is 17.9. The van der Waals surface area contributed by atoms with Gasteiger partial charge < -0.3 is 19.8 Å². The van der Waals surface area contributed by atoms with Gasteiger partial charge in [0.1, 0.15) is 11.4 Å². The van der Waals surface area contributed by atoms with E-state index in [4.69, 9.17) is 0 Å². The number of amides is 1. The lowest BCUT2D eigenvalue weighted by Crippen LogP contribution is -2.14. The van der Waals surface area contributed by atoms with Crippen molar-refractivity contribution in [3.8, 4) is 5.75 Å². The second-order valence-corrected chi connectivity index (χ2v) is 4.97. The molecule has 0 aliphatic carbocycles. The van der Waals surface area contributed by atoms with Crippen LogP contribution in [0.25, 0.3) is 0 Å². The normalized spacial score (nSPS) is 10.6. The van der Waals surface area contributed by atoms with E-state index in [1.54, 1.807) is 13.8 Å². The molecule has 0 saturated carbocycles. The molecule has 0 spiro atoms. The van der Waals surface area contributed by atoms with Crippen LogP contribution in [0, 0.1) is 13.8 Å². The van der Waals surface area contributed by atoms with Crippen molar-refractivity contribution in [2.75, 3.05) is 12.4 Å². The number of ether oxygens (including phenoxy) is 2. The van der Waals surface area contributed by atoms with E-state index in [9.17, 15) is 18.4 Å². The van der Waals surface area contributed by atoms with Crippen molar-refractivity contribution >= 4 is 17.6 Å². The van der Waals surface area contributed by atoms with Crippen LogP contribution in [0.2, 0.25) is 0 Å². The first kappa shape index (κ1) is 17.5. The molecule has 0 fully saturated rings. The van der Waals surface area contributed by atoms with Crippen LogP contribution in [0.15, 0.2) is 24.3 Å². The molecule has 1 aromatic carbocycles. The quantitative estimate of drug-likeness (QED) is 0.820. The minimum Gasteiger partial charge on any atom is -0.465 e. The number of methoxy groups -OCH3 is 1. The van der Waals surface area contributed by atoms with Crippen molar-refractivity contribution in [3.63, 3.8) is 0 Å². The predicted molar refractivity (Wildman–Crippen MR) is 82.6 cm³/mol. The van der Waals surface area contributed by atoms with Crippen LogP contribution >= 0.6 is 0 Å². The van der Waals surface area contributed by atoms with Crippen LogP contribution in [0.4, 0.5) is 14.5 Å². The summed E-state index contributed by atoms with van der Waals surface area (Å²) in [7, 11) is 1.26. The minimum atomic E-state index is -2.91. The summed E-state index contributed by atoms with van der Waals surface area (Å²) in [4.78, 5) is 26.9. The van der Waals surface area contributed by atoms with Gasteiger partial charge in [0.25, 0.3) is 5.91 Å². The fourth-order valence-corrected chi connectivity index (χ4v) is 2.30. The lowest BCUT2D eigenvalue weighted by Gasteiger charge is -2.07. The number of benzene rings is 1. The summed E-state index contributed by atoms with van der Waals surface area (Å²) in [6.07, 6.45) is 0. The lowest BCUT2D eigenvalue weighted by atomic mass is 10.1. The molecule has 1 aromatic heterocycles. The molecule has 6 nitrogen and oxygen atoms in total. The van der Waals surface area contributed by atoms with Crippen LogP contribution in [-0.4, -0.2) is 30.6 Å². The summed E-state index contributed by atoms with van der Waals surface area (Å²) in [5, 5.41) is 2.61. The Morgan fingerprint density at radius 2 is 1.79 bits per heavy atom. The number of aromatic nitrogens is 1. The fourth-order valence-electron chi connectivity index (χ4n) is 2.30. The molecule has 1 heterocycles. The Bertz CT molecular complexity index is 754. The predicted octanol–water partition coefficient (Wildman–Crippen LogP) is 3.27. The summed E-state index contributed by atoms with van der Waals surface area (Å²) >= 11 is 0. The van der Waals surface area contributed by atoms with Crippen LogP contribution in [0.3, 0.4) is 0 Å². The largest absolute Gasteiger partial charge is 0.465 e. The minimum absolute atomic E-state index is 0.0112. The summed E-state index contributed by atoms with van der Waals surface area (Å²) in [6.45, 7) is 0.378. The zero-order valence-corrected chi connectivity index (χ0v) is 13.3. The van der Waals surface area contributed by atoms with Crippen molar-refractivity contribution in [2.24, 2.45) is 0 Å². The number of rotatable bonds is 5. The number of aryl methyl sites for hydroxylation is 1. The van der Waals surface area contributed by atoms with E-state index < -0.39 is 18.5 Å². The first-order chi connectivity index (χ1) is 11.3. The third-order valence-electron chi connectivity index (χ3n) is 3.39. The maximum Gasteiger partial charge on any atom is 0.387 e. The van der Waals surface area contributed by atoms with E-state index in [0.717, 1.165) is 0 Å². The third kappa shape index (κ3) is 3.70. The number of aromatic amines is 1. The lowest BCUT2D eigenvalue weighted by molar-refractivity contribution is -0.0498. The highest BCUT2D eigenvalue weighted by atomic mass is 19.3. The number of hydrogen-bond donors (Lipinski definition) is 2. The SMILES string of the molecule is COC(=O)c1c(C)[nH]c(C(=O)Nc2ccc(OC(F)F)cc2)c1C. The summed E-state index contributed by atoms with van der Waals surface area (Å²) in [6, 6.07) is 5.49. The van der Waals surface area contributed by atoms with Gasteiger partial charge in [-0.2, -0.15) is 8.78 Å². The van der Waals surface area contributed by atoms with Gasteiger partial charge in [-0.05, 0) is 43.7 Å². The Morgan fingerprint density at radius 1 is 1.17 bits per heavy atom. The third-order valence-corrected chi connectivity index (χ3v) is 3.39. The van der Waals surface area contributed by atoms with Crippen molar-refractivity contribution in [1.29, 1.82) is 0 Å². The molecular formula is C16H16F2N2O4. The van der Waals surface area contributed by atoms with Crippen LogP contribution in [0.1, 0.15) is 32.1 Å². The molecule has 24 heavy (non-hydrogen) atoms. The fraction of sp³-hybridized carbons (Fsp3) is 0.250. The number of esters is 1. The van der Waals surface area contributed by atoms with E-state index in [1.165, 1.54) is 31.4 Å². The van der Waals surface area contributed by atoms with Gasteiger partial charge in [0, 0.05) is 11.4 Å². The van der Waals surface area contributed by atoms with Gasteiger partial charge in [-0.15, -0.1) is 0 Å². The number of alkyl halides is 2. The van der Waals surface area contributed by atoms with Gasteiger partial charge in [0.2, 0.25) is 0 Å². The number of carbonyl (C=O) groups excluding carboxylic acids is 2. The van der Waals surface area contributed by atoms with Crippen LogP contribution < -0.4 is 10.1 Å². The van der Waals surface area contributed by atoms with Gasteiger partial charge >= 0.3 is 12.6 Å². The molecule has 0 atom stereocenters. The summed E-state index contributed by atoms with van der Waals surface area (Å²) in [5.41, 5.74) is 1.91. The smallest absolute Gasteiger partial charge is 0.387 e. The van der Waals surface area contributed by atoms with E-state index in [-0.39, 0.29) is 11.4 Å². The maximum atomic E-state index is 12.3. The molecule has 0 radical (unpaired) electrons. The number of halogens is 2. The number of carbonyl (C=O) groups is 2. The Hall–Kier alpha value is -2.90. The van der Waals surface area contributed by atoms with E-state index in [1.807, 2.05) is 0 Å². The molecule has 1 amide bonds. The van der Waals surface area contributed by atoms with E-state index in [2.05, 4.69) is 19.8 Å². The average molecular weight is 338 g/mol. The van der Waals surface area contributed by atoms with Gasteiger partial charge in [-0.25, -0.2) is 4.79 Å². The molecule has 128 valence electrons. The summed E-state index contributed by atoms with van der Waals surface area (Å²) in [5.74, 6) is -1.01. The number of H-pyrrole nitrogens is 1. The molecule has 0 bridgehead atoms. The Labute approximate surface area is 136 Å². The molecular weight excluding hydrogens is 322 g/mol. The van der Waals surface area contributed by atoms with Gasteiger partial charge in [0.15, 0.2) is 0 Å². The van der Waals surface area contributed by atoms with Crippen molar-refractivity contribution in [3.05, 3.63) is 46.8 Å². The highest BCUT2D eigenvalue weighted by Gasteiger charge is 2.22. The van der Waals surface area contributed by atoms with Crippen molar-refractivity contribution < 1.29 is 27.8 Å². The number of hydrogen-bond acceptors (Lipinski definition) is 4. The molecule has 2 rings (SSSR count). The maximum absolute atomic E-state index is 12.3. The average Bonchev–Trinajstić information content (AvgIpc) is 2.83. The first-order valence-corrected chi connectivity index (χ1v) is 6.97. The molecule has 0 aliphatic rings. The molecule has 8 heteroatoms. The molecule has 0 aliphatic heterocycles. The molecule has 0 unspecified atom stereocenters. The molecule has 2 aromatic rings. The second-order valence-electron chi connectivity index (χ2n) is 4.97. The monoisotopic (exact) mass is 338 g/mol. The van der Waals surface area contributed by atoms with Crippen molar-refractivity contribution in [2.45, 2.75) is 20.5 Å².